The lowest BCUT2D eigenvalue weighted by molar-refractivity contribution is -0.116. The van der Waals surface area contributed by atoms with Gasteiger partial charge in [-0.15, -0.1) is 11.3 Å². The quantitative estimate of drug-likeness (QED) is 0.716. The van der Waals surface area contributed by atoms with Crippen LogP contribution in [0.5, 0.6) is 0 Å². The third kappa shape index (κ3) is 4.10. The Kier molecular flexibility index (Phi) is 6.45. The molecule has 0 radical (unpaired) electrons. The van der Waals surface area contributed by atoms with E-state index in [1.165, 1.54) is 36.1 Å². The topological polar surface area (TPSA) is 52.9 Å². The van der Waals surface area contributed by atoms with E-state index in [9.17, 15) is 10.1 Å². The summed E-state index contributed by atoms with van der Waals surface area (Å²) in [7, 11) is 0. The van der Waals surface area contributed by atoms with Gasteiger partial charge in [-0.3, -0.25) is 4.79 Å². The lowest BCUT2D eigenvalue weighted by Gasteiger charge is -2.20. The third-order valence-electron chi connectivity index (χ3n) is 4.57. The van der Waals surface area contributed by atoms with Crippen molar-refractivity contribution in [3.63, 3.8) is 0 Å². The fourth-order valence-corrected chi connectivity index (χ4v) is 4.44. The number of carbonyl (C=O) groups is 1. The van der Waals surface area contributed by atoms with Crippen LogP contribution >= 0.6 is 11.3 Å². The average Bonchev–Trinajstić information content (AvgIpc) is 2.87. The Bertz CT molecular complexity index is 556. The summed E-state index contributed by atoms with van der Waals surface area (Å²) in [5.41, 5.74) is 1.91. The molecule has 0 saturated carbocycles. The molecule has 0 fully saturated rings. The number of unbranched alkanes of at least 4 members (excludes halogenated alkanes) is 3. The van der Waals surface area contributed by atoms with Gasteiger partial charge in [-0.2, -0.15) is 5.26 Å². The van der Waals surface area contributed by atoms with Gasteiger partial charge in [0.2, 0.25) is 5.91 Å². The number of thiophene rings is 1. The van der Waals surface area contributed by atoms with Gasteiger partial charge in [0.25, 0.3) is 0 Å². The van der Waals surface area contributed by atoms with Crippen LogP contribution < -0.4 is 5.32 Å². The molecule has 0 aromatic carbocycles. The molecule has 1 atom stereocenters. The summed E-state index contributed by atoms with van der Waals surface area (Å²) in [6.45, 7) is 4.40. The highest BCUT2D eigenvalue weighted by molar-refractivity contribution is 7.16. The number of hydrogen-bond acceptors (Lipinski definition) is 3. The van der Waals surface area contributed by atoms with Crippen LogP contribution in [-0.2, 0) is 17.6 Å². The van der Waals surface area contributed by atoms with Crippen LogP contribution in [0.1, 0.15) is 74.8 Å². The number of hydrogen-bond donors (Lipinski definition) is 1. The van der Waals surface area contributed by atoms with Gasteiger partial charge in [-0.1, -0.05) is 39.5 Å². The molecule has 1 N–H and O–H groups in total. The molecule has 1 aromatic heterocycles. The Hall–Kier alpha value is -1.34. The molecular weight excluding hydrogens is 292 g/mol. The van der Waals surface area contributed by atoms with E-state index in [2.05, 4.69) is 25.2 Å². The van der Waals surface area contributed by atoms with Crippen LogP contribution in [0.15, 0.2) is 0 Å². The van der Waals surface area contributed by atoms with Gasteiger partial charge in [0.15, 0.2) is 0 Å². The van der Waals surface area contributed by atoms with Gasteiger partial charge in [-0.05, 0) is 37.2 Å². The zero-order valence-electron chi connectivity index (χ0n) is 13.7. The van der Waals surface area contributed by atoms with Crippen molar-refractivity contribution >= 4 is 22.2 Å². The molecule has 0 unspecified atom stereocenters. The second-order valence-corrected chi connectivity index (χ2v) is 7.30. The molecule has 0 saturated heterocycles. The summed E-state index contributed by atoms with van der Waals surface area (Å²) in [4.78, 5) is 13.4. The van der Waals surface area contributed by atoms with Crippen molar-refractivity contribution in [2.24, 2.45) is 5.92 Å². The lowest BCUT2D eigenvalue weighted by Crippen LogP contribution is -2.12. The van der Waals surface area contributed by atoms with Crippen molar-refractivity contribution in [2.45, 2.75) is 71.6 Å². The molecule has 120 valence electrons. The van der Waals surface area contributed by atoms with Gasteiger partial charge in [-0.25, -0.2) is 0 Å². The Labute approximate surface area is 137 Å². The summed E-state index contributed by atoms with van der Waals surface area (Å²) in [5.74, 6) is 0.786. The number of rotatable bonds is 7. The van der Waals surface area contributed by atoms with E-state index in [1.54, 1.807) is 11.3 Å². The fourth-order valence-electron chi connectivity index (χ4n) is 3.11. The van der Waals surface area contributed by atoms with Crippen molar-refractivity contribution in [3.8, 4) is 6.07 Å². The highest BCUT2D eigenvalue weighted by Gasteiger charge is 2.25. The maximum absolute atomic E-state index is 12.1. The molecule has 3 nitrogen and oxygen atoms in total. The van der Waals surface area contributed by atoms with Crippen molar-refractivity contribution < 1.29 is 4.79 Å². The monoisotopic (exact) mass is 318 g/mol. The zero-order chi connectivity index (χ0) is 15.9. The Morgan fingerprint density at radius 3 is 2.86 bits per heavy atom. The predicted molar refractivity (Wildman–Crippen MR) is 92.2 cm³/mol. The molecule has 2 rings (SSSR count). The van der Waals surface area contributed by atoms with Crippen LogP contribution in [0.4, 0.5) is 5.00 Å². The van der Waals surface area contributed by atoms with Crippen LogP contribution in [0.2, 0.25) is 0 Å². The number of anilines is 1. The van der Waals surface area contributed by atoms with Crippen molar-refractivity contribution in [1.82, 2.24) is 0 Å². The van der Waals surface area contributed by atoms with Crippen LogP contribution in [-0.4, -0.2) is 5.91 Å². The van der Waals surface area contributed by atoms with Crippen LogP contribution in [0, 0.1) is 17.2 Å². The molecular formula is C18H26N2OS. The molecule has 0 spiro atoms. The van der Waals surface area contributed by atoms with Crippen molar-refractivity contribution in [1.29, 1.82) is 5.26 Å². The van der Waals surface area contributed by atoms with E-state index in [0.29, 0.717) is 6.42 Å². The minimum Gasteiger partial charge on any atom is -0.317 e. The maximum Gasteiger partial charge on any atom is 0.225 e. The summed E-state index contributed by atoms with van der Waals surface area (Å²) in [6.07, 6.45) is 9.37. The molecule has 4 heteroatoms. The molecule has 0 bridgehead atoms. The molecule has 1 aliphatic carbocycles. The smallest absolute Gasteiger partial charge is 0.225 e. The van der Waals surface area contributed by atoms with E-state index < -0.39 is 0 Å². The number of nitrogens with zero attached hydrogens (tertiary/aromatic N) is 1. The van der Waals surface area contributed by atoms with E-state index in [0.717, 1.165) is 42.2 Å². The first-order valence-corrected chi connectivity index (χ1v) is 9.35. The van der Waals surface area contributed by atoms with Crippen molar-refractivity contribution in [2.75, 3.05) is 5.32 Å². The third-order valence-corrected chi connectivity index (χ3v) is 5.74. The molecule has 0 aliphatic heterocycles. The Morgan fingerprint density at radius 1 is 1.36 bits per heavy atom. The summed E-state index contributed by atoms with van der Waals surface area (Å²) >= 11 is 1.62. The van der Waals surface area contributed by atoms with Gasteiger partial charge in [0.05, 0.1) is 5.56 Å². The van der Waals surface area contributed by atoms with Gasteiger partial charge >= 0.3 is 0 Å². The minimum absolute atomic E-state index is 0.0539. The van der Waals surface area contributed by atoms with E-state index in [1.807, 2.05) is 0 Å². The number of nitrogens with one attached hydrogen (secondary N) is 1. The van der Waals surface area contributed by atoms with E-state index in [4.69, 9.17) is 0 Å². The molecule has 1 amide bonds. The number of carbonyl (C=O) groups excluding carboxylic acids is 1. The second-order valence-electron chi connectivity index (χ2n) is 6.20. The average molecular weight is 318 g/mol. The fraction of sp³-hybridized carbons (Fsp3) is 0.667. The van der Waals surface area contributed by atoms with E-state index >= 15 is 0 Å². The molecule has 1 aliphatic rings. The lowest BCUT2D eigenvalue weighted by atomic mass is 9.86. The number of amides is 1. The first-order valence-electron chi connectivity index (χ1n) is 8.54. The van der Waals surface area contributed by atoms with Crippen LogP contribution in [0.25, 0.3) is 0 Å². The number of fused-ring (bicyclic) bond motifs is 1. The highest BCUT2D eigenvalue weighted by atomic mass is 32.1. The number of nitriles is 1. The van der Waals surface area contributed by atoms with E-state index in [-0.39, 0.29) is 5.91 Å². The second kappa shape index (κ2) is 8.33. The largest absolute Gasteiger partial charge is 0.317 e. The SMILES string of the molecule is CCCCCCC(=O)Nc1sc2c(c1C#N)CC[C@H](CC)C2. The Morgan fingerprint density at radius 2 is 2.18 bits per heavy atom. The molecule has 1 heterocycles. The summed E-state index contributed by atoms with van der Waals surface area (Å²) < 4.78 is 0. The van der Waals surface area contributed by atoms with Crippen LogP contribution in [0.3, 0.4) is 0 Å². The predicted octanol–water partition coefficient (Wildman–Crippen LogP) is 5.04. The first kappa shape index (κ1) is 17.0. The highest BCUT2D eigenvalue weighted by Crippen LogP contribution is 2.40. The van der Waals surface area contributed by atoms with Gasteiger partial charge < -0.3 is 5.32 Å². The standard InChI is InChI=1S/C18H26N2OS/c1-3-5-6-7-8-17(21)20-18-15(12-19)14-10-9-13(4-2)11-16(14)22-18/h13H,3-11H2,1-2H3,(H,20,21)/t13-/m0/s1. The molecule has 22 heavy (non-hydrogen) atoms. The van der Waals surface area contributed by atoms with Gasteiger partial charge in [0.1, 0.15) is 11.1 Å². The molecule has 1 aromatic rings. The minimum atomic E-state index is 0.0539. The Balaban J connectivity index is 2.01. The van der Waals surface area contributed by atoms with Crippen molar-refractivity contribution in [3.05, 3.63) is 16.0 Å². The summed E-state index contributed by atoms with van der Waals surface area (Å²) in [6, 6.07) is 2.31. The normalized spacial score (nSPS) is 16.9. The zero-order valence-corrected chi connectivity index (χ0v) is 14.5. The summed E-state index contributed by atoms with van der Waals surface area (Å²) in [5, 5.41) is 13.2. The first-order chi connectivity index (χ1) is 10.7. The maximum atomic E-state index is 12.1. The van der Waals surface area contributed by atoms with Gasteiger partial charge in [0, 0.05) is 11.3 Å².